The van der Waals surface area contributed by atoms with E-state index in [1.807, 2.05) is 23.8 Å². The first kappa shape index (κ1) is 20.8. The summed E-state index contributed by atoms with van der Waals surface area (Å²) in [7, 11) is 0. The van der Waals surface area contributed by atoms with E-state index in [0.29, 0.717) is 11.3 Å². The fourth-order valence-electron chi connectivity index (χ4n) is 3.26. The normalized spacial score (nSPS) is 13.5. The number of carbonyl (C=O) groups is 2. The van der Waals surface area contributed by atoms with Crippen molar-refractivity contribution in [3.8, 4) is 5.69 Å². The van der Waals surface area contributed by atoms with Crippen LogP contribution in [0.4, 0.5) is 0 Å². The monoisotopic (exact) mass is 490 g/mol. The molecule has 0 radical (unpaired) electrons. The van der Waals surface area contributed by atoms with Gasteiger partial charge in [-0.2, -0.15) is 0 Å². The lowest BCUT2D eigenvalue weighted by molar-refractivity contribution is 0.0512. The van der Waals surface area contributed by atoms with E-state index in [9.17, 15) is 9.59 Å². The van der Waals surface area contributed by atoms with Crippen molar-refractivity contribution >= 4 is 39.4 Å². The fourth-order valence-corrected chi connectivity index (χ4v) is 4.95. The predicted molar refractivity (Wildman–Crippen MR) is 113 cm³/mol. The van der Waals surface area contributed by atoms with Crippen LogP contribution in [0.3, 0.4) is 0 Å². The molecule has 0 N–H and O–H groups in total. The van der Waals surface area contributed by atoms with E-state index in [1.54, 1.807) is 19.3 Å². The molecule has 0 aliphatic heterocycles. The predicted octanol–water partition coefficient (Wildman–Crippen LogP) is 4.33. The average Bonchev–Trinajstić information content (AvgIpc) is 3.34. The summed E-state index contributed by atoms with van der Waals surface area (Å²) < 4.78 is 13.1. The van der Waals surface area contributed by atoms with Gasteiger partial charge in [-0.05, 0) is 61.0 Å². The van der Waals surface area contributed by atoms with E-state index in [0.717, 1.165) is 33.7 Å². The van der Waals surface area contributed by atoms with Crippen molar-refractivity contribution < 1.29 is 18.8 Å². The van der Waals surface area contributed by atoms with Crippen LogP contribution in [0.1, 0.15) is 63.7 Å². The van der Waals surface area contributed by atoms with Gasteiger partial charge in [0.2, 0.25) is 5.69 Å². The third kappa shape index (κ3) is 3.58. The van der Waals surface area contributed by atoms with Gasteiger partial charge in [0.1, 0.15) is 17.7 Å². The van der Waals surface area contributed by atoms with Crippen molar-refractivity contribution in [1.82, 2.24) is 19.9 Å². The molecule has 10 heteroatoms. The summed E-state index contributed by atoms with van der Waals surface area (Å²) in [5.74, 6) is 0.336. The first-order chi connectivity index (χ1) is 14.5. The number of thioether (sulfide) groups is 1. The highest BCUT2D eigenvalue weighted by molar-refractivity contribution is 9.10. The van der Waals surface area contributed by atoms with Gasteiger partial charge in [0.15, 0.2) is 11.5 Å². The molecule has 0 atom stereocenters. The maximum Gasteiger partial charge on any atom is 0.361 e. The van der Waals surface area contributed by atoms with Crippen molar-refractivity contribution in [1.29, 1.82) is 0 Å². The Kier molecular flexibility index (Phi) is 5.79. The Morgan fingerprint density at radius 1 is 1.37 bits per heavy atom. The van der Waals surface area contributed by atoms with Gasteiger partial charge in [-0.1, -0.05) is 5.16 Å². The van der Waals surface area contributed by atoms with Gasteiger partial charge in [-0.15, -0.1) is 22.0 Å². The molecule has 2 aromatic heterocycles. The van der Waals surface area contributed by atoms with Crippen LogP contribution >= 0.6 is 27.7 Å². The van der Waals surface area contributed by atoms with E-state index in [-0.39, 0.29) is 29.6 Å². The Morgan fingerprint density at radius 2 is 2.13 bits per heavy atom. The van der Waals surface area contributed by atoms with Crippen LogP contribution in [0, 0.1) is 6.92 Å². The molecule has 1 saturated carbocycles. The second-order valence-corrected chi connectivity index (χ2v) is 8.43. The number of hydrogen-bond donors (Lipinski definition) is 0. The molecule has 156 valence electrons. The second-order valence-electron chi connectivity index (χ2n) is 6.82. The lowest BCUT2D eigenvalue weighted by atomic mass is 9.99. The number of carbonyl (C=O) groups excluding carboxylic acids is 2. The minimum Gasteiger partial charge on any atom is -0.461 e. The quantitative estimate of drug-likeness (QED) is 0.274. The highest BCUT2D eigenvalue weighted by atomic mass is 79.9. The number of halogens is 1. The zero-order chi connectivity index (χ0) is 21.4. The number of hydrogen-bond acceptors (Lipinski definition) is 8. The molecule has 1 fully saturated rings. The molecule has 0 bridgehead atoms. The van der Waals surface area contributed by atoms with Crippen molar-refractivity contribution in [3.05, 3.63) is 51.3 Å². The highest BCUT2D eigenvalue weighted by Gasteiger charge is 2.38. The van der Waals surface area contributed by atoms with Crippen LogP contribution < -0.4 is 0 Å². The number of ketones is 1. The molecule has 4 rings (SSSR count). The van der Waals surface area contributed by atoms with E-state index in [4.69, 9.17) is 9.26 Å². The first-order valence-electron chi connectivity index (χ1n) is 9.42. The Labute approximate surface area is 185 Å². The Bertz CT molecular complexity index is 1140. The summed E-state index contributed by atoms with van der Waals surface area (Å²) in [5, 5.41) is 11.8. The Morgan fingerprint density at radius 3 is 2.73 bits per heavy atom. The van der Waals surface area contributed by atoms with Crippen molar-refractivity contribution in [3.63, 3.8) is 0 Å². The molecular weight excluding hydrogens is 472 g/mol. The van der Waals surface area contributed by atoms with Crippen LogP contribution in [-0.4, -0.2) is 44.5 Å². The second kappa shape index (κ2) is 8.35. The van der Waals surface area contributed by atoms with Gasteiger partial charge in [-0.25, -0.2) is 4.79 Å². The van der Waals surface area contributed by atoms with Gasteiger partial charge in [0.05, 0.1) is 16.8 Å². The molecule has 0 spiro atoms. The van der Waals surface area contributed by atoms with Gasteiger partial charge in [0, 0.05) is 16.4 Å². The fraction of sp³-hybridized carbons (Fsp3) is 0.350. The van der Waals surface area contributed by atoms with Crippen molar-refractivity contribution in [2.75, 3.05) is 12.9 Å². The molecule has 0 amide bonds. The van der Waals surface area contributed by atoms with E-state index < -0.39 is 5.97 Å². The summed E-state index contributed by atoms with van der Waals surface area (Å²) >= 11 is 5.06. The number of rotatable bonds is 7. The molecule has 0 saturated heterocycles. The highest BCUT2D eigenvalue weighted by Crippen LogP contribution is 2.44. The molecule has 3 aromatic rings. The van der Waals surface area contributed by atoms with Crippen LogP contribution in [0.15, 0.2) is 32.4 Å². The number of benzene rings is 1. The van der Waals surface area contributed by atoms with Crippen molar-refractivity contribution in [2.45, 2.75) is 37.5 Å². The van der Waals surface area contributed by atoms with Crippen molar-refractivity contribution in [2.24, 2.45) is 0 Å². The molecule has 2 heterocycles. The summed E-state index contributed by atoms with van der Waals surface area (Å²) in [6.07, 6.45) is 5.32. The van der Waals surface area contributed by atoms with Gasteiger partial charge in [-0.3, -0.25) is 9.36 Å². The Balaban J connectivity index is 1.83. The molecule has 1 aliphatic carbocycles. The zero-order valence-corrected chi connectivity index (χ0v) is 19.0. The number of nitrogens with zero attached hydrogens (tertiary/aromatic N) is 4. The van der Waals surface area contributed by atoms with E-state index in [1.165, 1.54) is 11.8 Å². The molecule has 0 unspecified atom stereocenters. The van der Waals surface area contributed by atoms with E-state index in [2.05, 4.69) is 31.3 Å². The molecule has 8 nitrogen and oxygen atoms in total. The maximum absolute atomic E-state index is 13.6. The molecule has 30 heavy (non-hydrogen) atoms. The number of aromatic nitrogens is 4. The number of esters is 1. The average molecular weight is 491 g/mol. The van der Waals surface area contributed by atoms with Crippen LogP contribution in [0.2, 0.25) is 0 Å². The summed E-state index contributed by atoms with van der Waals surface area (Å²) in [6, 6.07) is 3.56. The lowest BCUT2D eigenvalue weighted by Gasteiger charge is -2.14. The standard InChI is InChI=1S/C20H19BrN4O4S/c1-4-28-20(27)16-14(18(29-24-16)11-5-6-11)17(26)12-7-8-13(15(21)19(12)30-3)25-9-22-23-10(25)2/h7-9,11H,4-6H2,1-3H3. The Hall–Kier alpha value is -2.46. The van der Waals surface area contributed by atoms with Gasteiger partial charge >= 0.3 is 5.97 Å². The topological polar surface area (TPSA) is 100 Å². The third-order valence-corrected chi connectivity index (χ3v) is 6.76. The summed E-state index contributed by atoms with van der Waals surface area (Å²) in [5.41, 5.74) is 1.41. The smallest absolute Gasteiger partial charge is 0.361 e. The maximum atomic E-state index is 13.6. The van der Waals surface area contributed by atoms with Gasteiger partial charge < -0.3 is 9.26 Å². The van der Waals surface area contributed by atoms with E-state index >= 15 is 0 Å². The van der Waals surface area contributed by atoms with Crippen LogP contribution in [-0.2, 0) is 4.74 Å². The number of ether oxygens (including phenoxy) is 1. The lowest BCUT2D eigenvalue weighted by Crippen LogP contribution is -2.14. The largest absolute Gasteiger partial charge is 0.461 e. The molecule has 1 aliphatic rings. The first-order valence-corrected chi connectivity index (χ1v) is 11.4. The minimum absolute atomic E-state index is 0.0642. The SMILES string of the molecule is CCOC(=O)c1noc(C2CC2)c1C(=O)c1ccc(-n2cnnc2C)c(Br)c1SC. The minimum atomic E-state index is -0.655. The molecule has 1 aromatic carbocycles. The van der Waals surface area contributed by atoms with Crippen LogP contribution in [0.5, 0.6) is 0 Å². The van der Waals surface area contributed by atoms with Crippen LogP contribution in [0.25, 0.3) is 5.69 Å². The molecular formula is C20H19BrN4O4S. The summed E-state index contributed by atoms with van der Waals surface area (Å²) in [4.78, 5) is 26.7. The summed E-state index contributed by atoms with van der Waals surface area (Å²) in [6.45, 7) is 3.74. The van der Waals surface area contributed by atoms with Gasteiger partial charge in [0.25, 0.3) is 0 Å². The third-order valence-electron chi connectivity index (χ3n) is 4.87. The zero-order valence-electron chi connectivity index (χ0n) is 16.6. The number of aryl methyl sites for hydroxylation is 1.